The first-order valence-electron chi connectivity index (χ1n) is 6.84. The molecule has 5 rings (SSSR count). The largest absolute Gasteiger partial charge is 0.314 e. The van der Waals surface area contributed by atoms with E-state index in [2.05, 4.69) is 58.9 Å². The summed E-state index contributed by atoms with van der Waals surface area (Å²) in [7, 11) is 0. The molecule has 0 unspecified atom stereocenters. The molecule has 3 aromatic heterocycles. The van der Waals surface area contributed by atoms with Crippen LogP contribution in [-0.4, -0.2) is 9.38 Å². The van der Waals surface area contributed by atoms with Gasteiger partial charge in [-0.2, -0.15) is 0 Å². The smallest absolute Gasteiger partial charge is 0.0949 e. The first kappa shape index (κ1) is 10.2. The van der Waals surface area contributed by atoms with Crippen molar-refractivity contribution in [2.75, 3.05) is 0 Å². The van der Waals surface area contributed by atoms with E-state index in [0.717, 1.165) is 5.52 Å². The van der Waals surface area contributed by atoms with Crippen molar-refractivity contribution in [2.24, 2.45) is 0 Å². The van der Waals surface area contributed by atoms with Crippen LogP contribution in [0.3, 0.4) is 0 Å². The Balaban J connectivity index is 2.33. The van der Waals surface area contributed by atoms with Gasteiger partial charge in [0.2, 0.25) is 0 Å². The molecule has 0 amide bonds. The van der Waals surface area contributed by atoms with Crippen LogP contribution in [0.5, 0.6) is 0 Å². The van der Waals surface area contributed by atoms with Gasteiger partial charge in [0, 0.05) is 28.6 Å². The number of rotatable bonds is 0. The predicted octanol–water partition coefficient (Wildman–Crippen LogP) is 4.54. The summed E-state index contributed by atoms with van der Waals surface area (Å²) in [5, 5.41) is 5.18. The Morgan fingerprint density at radius 1 is 0.950 bits per heavy atom. The molecular formula is C18H12N2. The third-order valence-electron chi connectivity index (χ3n) is 4.31. The Hall–Kier alpha value is -2.61. The molecule has 0 bridgehead atoms. The number of aromatic nitrogens is 2. The van der Waals surface area contributed by atoms with E-state index >= 15 is 0 Å². The highest BCUT2D eigenvalue weighted by Gasteiger charge is 2.15. The standard InChI is InChI=1S/C18H12N2/c1-11-10-20-15-6-3-9-19-17(15)14-5-2-4-12-7-8-13(11)18(20)16(12)14/h2-10H,1H3. The molecule has 0 fully saturated rings. The molecule has 2 aromatic carbocycles. The van der Waals surface area contributed by atoms with E-state index < -0.39 is 0 Å². The number of pyridine rings is 2. The van der Waals surface area contributed by atoms with Crippen LogP contribution in [0.2, 0.25) is 0 Å². The van der Waals surface area contributed by atoms with Crippen LogP contribution in [0.4, 0.5) is 0 Å². The lowest BCUT2D eigenvalue weighted by atomic mass is 10.0. The minimum absolute atomic E-state index is 1.08. The quantitative estimate of drug-likeness (QED) is 0.294. The Kier molecular flexibility index (Phi) is 1.68. The Bertz CT molecular complexity index is 1100. The van der Waals surface area contributed by atoms with Crippen molar-refractivity contribution in [1.82, 2.24) is 9.38 Å². The highest BCUT2D eigenvalue weighted by atomic mass is 14.9. The van der Waals surface area contributed by atoms with Crippen molar-refractivity contribution in [2.45, 2.75) is 6.92 Å². The second-order valence-corrected chi connectivity index (χ2v) is 5.42. The molecule has 2 heteroatoms. The Morgan fingerprint density at radius 2 is 1.90 bits per heavy atom. The Morgan fingerprint density at radius 3 is 2.85 bits per heavy atom. The highest BCUT2D eigenvalue weighted by Crippen LogP contribution is 2.36. The first-order chi connectivity index (χ1) is 9.84. The van der Waals surface area contributed by atoms with Crippen LogP contribution in [0, 0.1) is 6.92 Å². The third kappa shape index (κ3) is 1.04. The molecule has 2 nitrogen and oxygen atoms in total. The highest BCUT2D eigenvalue weighted by molar-refractivity contribution is 6.22. The van der Waals surface area contributed by atoms with Gasteiger partial charge < -0.3 is 4.40 Å². The van der Waals surface area contributed by atoms with Crippen molar-refractivity contribution in [3.63, 3.8) is 0 Å². The molecule has 3 heterocycles. The summed E-state index contributed by atoms with van der Waals surface area (Å²) in [6.07, 6.45) is 4.10. The van der Waals surface area contributed by atoms with Gasteiger partial charge in [-0.25, -0.2) is 0 Å². The van der Waals surface area contributed by atoms with Gasteiger partial charge in [-0.05, 0) is 30.0 Å². The lowest BCUT2D eigenvalue weighted by Crippen LogP contribution is -1.92. The van der Waals surface area contributed by atoms with Crippen molar-refractivity contribution >= 4 is 38.1 Å². The molecule has 5 aromatic rings. The van der Waals surface area contributed by atoms with Crippen molar-refractivity contribution in [1.29, 1.82) is 0 Å². The predicted molar refractivity (Wildman–Crippen MR) is 83.6 cm³/mol. The zero-order valence-corrected chi connectivity index (χ0v) is 11.1. The average molecular weight is 256 g/mol. The zero-order chi connectivity index (χ0) is 13.3. The minimum atomic E-state index is 1.08. The molecule has 0 aliphatic carbocycles. The number of aryl methyl sites for hydroxylation is 1. The van der Waals surface area contributed by atoms with Gasteiger partial charge in [-0.15, -0.1) is 0 Å². The van der Waals surface area contributed by atoms with E-state index in [0.29, 0.717) is 0 Å². The van der Waals surface area contributed by atoms with Crippen LogP contribution >= 0.6 is 0 Å². The molecule has 94 valence electrons. The average Bonchev–Trinajstić information content (AvgIpc) is 2.84. The van der Waals surface area contributed by atoms with E-state index in [4.69, 9.17) is 0 Å². The molecule has 20 heavy (non-hydrogen) atoms. The number of benzene rings is 2. The number of fused-ring (bicyclic) bond motifs is 3. The van der Waals surface area contributed by atoms with Gasteiger partial charge in [0.25, 0.3) is 0 Å². The fourth-order valence-electron chi connectivity index (χ4n) is 3.44. The summed E-state index contributed by atoms with van der Waals surface area (Å²) in [6, 6.07) is 15.1. The molecule has 0 atom stereocenters. The number of hydrogen-bond donors (Lipinski definition) is 0. The van der Waals surface area contributed by atoms with Crippen LogP contribution < -0.4 is 0 Å². The van der Waals surface area contributed by atoms with Crippen LogP contribution in [0.1, 0.15) is 5.56 Å². The maximum atomic E-state index is 4.62. The van der Waals surface area contributed by atoms with Gasteiger partial charge in [0.15, 0.2) is 0 Å². The summed E-state index contributed by atoms with van der Waals surface area (Å²) >= 11 is 0. The molecule has 0 aliphatic heterocycles. The monoisotopic (exact) mass is 256 g/mol. The van der Waals surface area contributed by atoms with Crippen LogP contribution in [0.25, 0.3) is 38.1 Å². The molecule has 0 saturated carbocycles. The summed E-state index contributed by atoms with van der Waals surface area (Å²) in [4.78, 5) is 4.62. The molecule has 0 spiro atoms. The second kappa shape index (κ2) is 3.28. The van der Waals surface area contributed by atoms with Gasteiger partial charge in [-0.3, -0.25) is 4.98 Å². The Labute approximate surface area is 115 Å². The number of nitrogens with zero attached hydrogens (tertiary/aromatic N) is 2. The van der Waals surface area contributed by atoms with Crippen molar-refractivity contribution in [3.8, 4) is 0 Å². The minimum Gasteiger partial charge on any atom is -0.314 e. The lowest BCUT2D eigenvalue weighted by Gasteiger charge is -2.11. The maximum absolute atomic E-state index is 4.62. The van der Waals surface area contributed by atoms with E-state index in [1.54, 1.807) is 0 Å². The summed E-state index contributed by atoms with van der Waals surface area (Å²) in [6.45, 7) is 2.18. The van der Waals surface area contributed by atoms with E-state index in [9.17, 15) is 0 Å². The summed E-state index contributed by atoms with van der Waals surface area (Å²) < 4.78 is 2.29. The second-order valence-electron chi connectivity index (χ2n) is 5.42. The normalized spacial score (nSPS) is 12.2. The SMILES string of the molecule is Cc1cn2c3cccnc3c3cccc4ccc1c2c43. The van der Waals surface area contributed by atoms with E-state index in [1.165, 1.54) is 38.1 Å². The topological polar surface area (TPSA) is 17.3 Å². The van der Waals surface area contributed by atoms with Crippen LogP contribution in [-0.2, 0) is 0 Å². The van der Waals surface area contributed by atoms with Crippen LogP contribution in [0.15, 0.2) is 54.9 Å². The zero-order valence-electron chi connectivity index (χ0n) is 11.1. The fourth-order valence-corrected chi connectivity index (χ4v) is 3.44. The van der Waals surface area contributed by atoms with Gasteiger partial charge in [0.1, 0.15) is 0 Å². The molecular weight excluding hydrogens is 244 g/mol. The lowest BCUT2D eigenvalue weighted by molar-refractivity contribution is 1.25. The summed E-state index contributed by atoms with van der Waals surface area (Å²) in [5.41, 5.74) is 4.88. The van der Waals surface area contributed by atoms with Crippen molar-refractivity contribution in [3.05, 3.63) is 60.4 Å². The third-order valence-corrected chi connectivity index (χ3v) is 4.31. The molecule has 0 saturated heterocycles. The molecule has 0 aliphatic rings. The molecule has 0 radical (unpaired) electrons. The first-order valence-corrected chi connectivity index (χ1v) is 6.84. The van der Waals surface area contributed by atoms with E-state index in [1.807, 2.05) is 12.3 Å². The fraction of sp³-hybridized carbons (Fsp3) is 0.0556. The number of hydrogen-bond acceptors (Lipinski definition) is 1. The van der Waals surface area contributed by atoms with Crippen molar-refractivity contribution < 1.29 is 0 Å². The van der Waals surface area contributed by atoms with E-state index in [-0.39, 0.29) is 0 Å². The van der Waals surface area contributed by atoms with Gasteiger partial charge in [-0.1, -0.05) is 30.3 Å². The van der Waals surface area contributed by atoms with Gasteiger partial charge in [0.05, 0.1) is 16.6 Å². The summed E-state index contributed by atoms with van der Waals surface area (Å²) in [5.74, 6) is 0. The molecule has 0 N–H and O–H groups in total. The maximum Gasteiger partial charge on any atom is 0.0949 e. The van der Waals surface area contributed by atoms with Gasteiger partial charge >= 0.3 is 0 Å².